The summed E-state index contributed by atoms with van der Waals surface area (Å²) in [5.41, 5.74) is 27.8. The first-order valence-corrected chi connectivity index (χ1v) is 22.8. The molecule has 326 valence electrons. The summed E-state index contributed by atoms with van der Waals surface area (Å²) in [4.78, 5) is 18.9. The Balaban J connectivity index is 0.970. The van der Waals surface area contributed by atoms with Crippen molar-refractivity contribution in [2.75, 3.05) is 9.80 Å². The molecule has 0 aliphatic heterocycles. The van der Waals surface area contributed by atoms with E-state index in [9.17, 15) is 0 Å². The summed E-state index contributed by atoms with van der Waals surface area (Å²) in [5, 5.41) is 0. The molecule has 0 saturated heterocycles. The van der Waals surface area contributed by atoms with Crippen molar-refractivity contribution in [3.05, 3.63) is 215 Å². The SMILES string of the molecule is Cc1cc(C)c(-c2ccc(N(c3ccc(-c4ccc(N(c5ccc(-c6[nH]c(C)cc6C)cc5)c5ccc(-c6[nH]c(C)cc6C)cc5)cc4)cc3)c3ccc(-c4[nH]c(C)cc4C)cc3)cc2)[nH]1. The van der Waals surface area contributed by atoms with Gasteiger partial charge in [-0.3, -0.25) is 0 Å². The summed E-state index contributed by atoms with van der Waals surface area (Å²) >= 11 is 0. The van der Waals surface area contributed by atoms with Crippen LogP contribution >= 0.6 is 0 Å². The molecule has 6 heteroatoms. The first-order valence-electron chi connectivity index (χ1n) is 22.8. The summed E-state index contributed by atoms with van der Waals surface area (Å²) in [6, 6.07) is 62.2. The van der Waals surface area contributed by atoms with Crippen molar-refractivity contribution in [2.45, 2.75) is 55.4 Å². The van der Waals surface area contributed by atoms with Crippen molar-refractivity contribution in [3.63, 3.8) is 0 Å². The van der Waals surface area contributed by atoms with E-state index in [1.165, 1.54) is 67.3 Å². The normalized spacial score (nSPS) is 11.3. The van der Waals surface area contributed by atoms with Gasteiger partial charge in [-0.2, -0.15) is 0 Å². The Hall–Kier alpha value is -7.96. The van der Waals surface area contributed by atoms with Gasteiger partial charge in [0.2, 0.25) is 0 Å². The molecule has 0 unspecified atom stereocenters. The minimum atomic E-state index is 1.09. The lowest BCUT2D eigenvalue weighted by Gasteiger charge is -2.27. The van der Waals surface area contributed by atoms with Crippen LogP contribution in [0, 0.1) is 55.4 Å². The number of aryl methyl sites for hydroxylation is 8. The topological polar surface area (TPSA) is 69.6 Å². The highest BCUT2D eigenvalue weighted by molar-refractivity contribution is 5.84. The van der Waals surface area contributed by atoms with E-state index in [1.807, 2.05) is 0 Å². The Kier molecular flexibility index (Phi) is 11.0. The van der Waals surface area contributed by atoms with Crippen LogP contribution in [-0.2, 0) is 0 Å². The predicted octanol–water partition coefficient (Wildman–Crippen LogP) is 16.7. The first kappa shape index (κ1) is 42.0. The highest BCUT2D eigenvalue weighted by Gasteiger charge is 2.18. The van der Waals surface area contributed by atoms with E-state index in [2.05, 4.69) is 255 Å². The Bertz CT molecular complexity index is 2880. The zero-order chi connectivity index (χ0) is 45.6. The predicted molar refractivity (Wildman–Crippen MR) is 278 cm³/mol. The summed E-state index contributed by atoms with van der Waals surface area (Å²) in [6.07, 6.45) is 0. The van der Waals surface area contributed by atoms with Gasteiger partial charge in [-0.05, 0) is 208 Å². The van der Waals surface area contributed by atoms with Crippen LogP contribution in [-0.4, -0.2) is 19.9 Å². The highest BCUT2D eigenvalue weighted by atomic mass is 15.1. The van der Waals surface area contributed by atoms with Crippen molar-refractivity contribution in [1.29, 1.82) is 0 Å². The molecule has 0 amide bonds. The van der Waals surface area contributed by atoms with Crippen molar-refractivity contribution in [3.8, 4) is 56.2 Å². The second-order valence-corrected chi connectivity index (χ2v) is 18.0. The van der Waals surface area contributed by atoms with E-state index in [1.54, 1.807) is 0 Å². The number of nitrogens with zero attached hydrogens (tertiary/aromatic N) is 2. The fraction of sp³-hybridized carbons (Fsp3) is 0.133. The average Bonchev–Trinajstić information content (AvgIpc) is 4.07. The molecule has 66 heavy (non-hydrogen) atoms. The second kappa shape index (κ2) is 17.2. The standard InChI is InChI=1S/C60H56N6/c1-37-33-41(5)61-57(37)47-13-25-53(26-14-47)65(54-27-15-48(16-28-54)58-38(2)34-42(6)62-58)51-21-9-45(10-22-51)46-11-23-52(24-12-46)66(55-29-17-49(18-30-55)59-39(3)35-43(7)63-59)56-31-19-50(20-32-56)60-40(4)36-44(8)64-60/h9-36,61-64H,1-8H3. The molecule has 4 heterocycles. The van der Waals surface area contributed by atoms with E-state index >= 15 is 0 Å². The Morgan fingerprint density at radius 1 is 0.227 bits per heavy atom. The maximum absolute atomic E-state index is 3.55. The van der Waals surface area contributed by atoms with Crippen molar-refractivity contribution in [1.82, 2.24) is 19.9 Å². The van der Waals surface area contributed by atoms with Crippen molar-refractivity contribution < 1.29 is 0 Å². The van der Waals surface area contributed by atoms with E-state index < -0.39 is 0 Å². The molecule has 0 aliphatic rings. The fourth-order valence-corrected chi connectivity index (χ4v) is 9.72. The number of rotatable bonds is 11. The third-order valence-corrected chi connectivity index (χ3v) is 12.8. The molecule has 4 N–H and O–H groups in total. The lowest BCUT2D eigenvalue weighted by atomic mass is 10.0. The van der Waals surface area contributed by atoms with Crippen LogP contribution in [0.25, 0.3) is 56.2 Å². The number of aromatic amines is 4. The smallest absolute Gasteiger partial charge is 0.0485 e. The fourth-order valence-electron chi connectivity index (χ4n) is 9.72. The van der Waals surface area contributed by atoms with E-state index in [-0.39, 0.29) is 0 Å². The molecule has 4 aromatic heterocycles. The molecule has 6 aromatic carbocycles. The number of nitrogens with one attached hydrogen (secondary N) is 4. The third kappa shape index (κ3) is 8.18. The number of hydrogen-bond acceptors (Lipinski definition) is 2. The summed E-state index contributed by atoms with van der Waals surface area (Å²) in [5.74, 6) is 0. The van der Waals surface area contributed by atoms with Gasteiger partial charge in [0.05, 0.1) is 0 Å². The van der Waals surface area contributed by atoms with Gasteiger partial charge in [0.15, 0.2) is 0 Å². The molecule has 10 rings (SSSR count). The zero-order valence-corrected chi connectivity index (χ0v) is 39.1. The van der Waals surface area contributed by atoms with Gasteiger partial charge in [0.25, 0.3) is 0 Å². The van der Waals surface area contributed by atoms with Gasteiger partial charge < -0.3 is 29.7 Å². The van der Waals surface area contributed by atoms with Crippen LogP contribution in [0.1, 0.15) is 45.0 Å². The van der Waals surface area contributed by atoms with E-state index in [4.69, 9.17) is 0 Å². The molecule has 0 saturated carbocycles. The second-order valence-electron chi connectivity index (χ2n) is 18.0. The summed E-state index contributed by atoms with van der Waals surface area (Å²) in [6.45, 7) is 17.1. The van der Waals surface area contributed by atoms with Crippen LogP contribution in [0.15, 0.2) is 170 Å². The molecule has 0 aliphatic carbocycles. The molecular weight excluding hydrogens is 805 g/mol. The van der Waals surface area contributed by atoms with Crippen molar-refractivity contribution in [2.24, 2.45) is 0 Å². The first-order chi connectivity index (χ1) is 31.9. The summed E-state index contributed by atoms with van der Waals surface area (Å²) in [7, 11) is 0. The number of hydrogen-bond donors (Lipinski definition) is 4. The van der Waals surface area contributed by atoms with E-state index in [0.717, 1.165) is 68.0 Å². The van der Waals surface area contributed by atoms with Gasteiger partial charge in [0, 0.05) is 79.7 Å². The monoisotopic (exact) mass is 860 g/mol. The number of anilines is 6. The molecular formula is C60H56N6. The highest BCUT2D eigenvalue weighted by Crippen LogP contribution is 2.41. The Labute approximate surface area is 388 Å². The maximum Gasteiger partial charge on any atom is 0.0485 e. The zero-order valence-electron chi connectivity index (χ0n) is 39.1. The molecule has 0 fully saturated rings. The van der Waals surface area contributed by atoms with Gasteiger partial charge in [-0.15, -0.1) is 0 Å². The maximum atomic E-state index is 3.55. The molecule has 0 bridgehead atoms. The van der Waals surface area contributed by atoms with Crippen LogP contribution in [0.3, 0.4) is 0 Å². The van der Waals surface area contributed by atoms with Gasteiger partial charge in [0.1, 0.15) is 0 Å². The van der Waals surface area contributed by atoms with Gasteiger partial charge in [-0.25, -0.2) is 0 Å². The number of benzene rings is 6. The quantitative estimate of drug-likeness (QED) is 0.105. The minimum absolute atomic E-state index is 1.09. The minimum Gasteiger partial charge on any atom is -0.358 e. The Morgan fingerprint density at radius 2 is 0.394 bits per heavy atom. The summed E-state index contributed by atoms with van der Waals surface area (Å²) < 4.78 is 0. The number of aromatic nitrogens is 4. The average molecular weight is 861 g/mol. The molecule has 0 spiro atoms. The third-order valence-electron chi connectivity index (χ3n) is 12.8. The van der Waals surface area contributed by atoms with Gasteiger partial charge in [-0.1, -0.05) is 72.8 Å². The van der Waals surface area contributed by atoms with Crippen LogP contribution in [0.5, 0.6) is 0 Å². The molecule has 0 atom stereocenters. The molecule has 10 aromatic rings. The van der Waals surface area contributed by atoms with Crippen LogP contribution in [0.4, 0.5) is 34.1 Å². The lowest BCUT2D eigenvalue weighted by Crippen LogP contribution is -2.10. The Morgan fingerprint density at radius 3 is 0.545 bits per heavy atom. The van der Waals surface area contributed by atoms with Crippen LogP contribution in [0.2, 0.25) is 0 Å². The van der Waals surface area contributed by atoms with Crippen LogP contribution < -0.4 is 9.80 Å². The van der Waals surface area contributed by atoms with Gasteiger partial charge >= 0.3 is 0 Å². The largest absolute Gasteiger partial charge is 0.358 e. The van der Waals surface area contributed by atoms with E-state index in [0.29, 0.717) is 0 Å². The van der Waals surface area contributed by atoms with Crippen molar-refractivity contribution >= 4 is 34.1 Å². The molecule has 0 radical (unpaired) electrons. The number of H-pyrrole nitrogens is 4. The molecule has 6 nitrogen and oxygen atoms in total. The lowest BCUT2D eigenvalue weighted by molar-refractivity contribution is 1.25.